The van der Waals surface area contributed by atoms with Gasteiger partial charge in [-0.3, -0.25) is 4.79 Å². The van der Waals surface area contributed by atoms with Crippen LogP contribution in [0.4, 0.5) is 0 Å². The topological polar surface area (TPSA) is 26.3 Å². The Morgan fingerprint density at radius 1 is 1.50 bits per heavy atom. The summed E-state index contributed by atoms with van der Waals surface area (Å²) in [6, 6.07) is 5.80. The number of halogens is 1. The summed E-state index contributed by atoms with van der Waals surface area (Å²) in [5.74, 6) is 4.29. The van der Waals surface area contributed by atoms with Crippen molar-refractivity contribution in [1.29, 1.82) is 0 Å². The molecule has 0 bridgehead atoms. The molecule has 18 heavy (non-hydrogen) atoms. The lowest BCUT2D eigenvalue weighted by Crippen LogP contribution is -2.25. The van der Waals surface area contributed by atoms with Crippen molar-refractivity contribution in [3.05, 3.63) is 28.2 Å². The molecule has 1 unspecified atom stereocenters. The van der Waals surface area contributed by atoms with Gasteiger partial charge in [0.2, 0.25) is 0 Å². The van der Waals surface area contributed by atoms with Crippen LogP contribution in [0.25, 0.3) is 0 Å². The summed E-state index contributed by atoms with van der Waals surface area (Å²) in [5, 5.41) is 0.146. The minimum absolute atomic E-state index is 0.146. The van der Waals surface area contributed by atoms with Crippen LogP contribution >= 0.6 is 39.5 Å². The van der Waals surface area contributed by atoms with Crippen molar-refractivity contribution in [1.82, 2.24) is 0 Å². The van der Waals surface area contributed by atoms with Crippen molar-refractivity contribution in [3.8, 4) is 5.75 Å². The zero-order valence-corrected chi connectivity index (χ0v) is 13.4. The van der Waals surface area contributed by atoms with Crippen molar-refractivity contribution in [3.63, 3.8) is 0 Å². The Kier molecular flexibility index (Phi) is 5.45. The van der Waals surface area contributed by atoms with Gasteiger partial charge in [-0.25, -0.2) is 0 Å². The first-order valence-corrected chi connectivity index (χ1v) is 8.75. The minimum Gasteiger partial charge on any atom is -0.496 e. The van der Waals surface area contributed by atoms with Crippen LogP contribution in [0.2, 0.25) is 0 Å². The van der Waals surface area contributed by atoms with E-state index in [0.717, 1.165) is 33.0 Å². The van der Waals surface area contributed by atoms with Crippen molar-refractivity contribution < 1.29 is 9.53 Å². The van der Waals surface area contributed by atoms with Gasteiger partial charge in [-0.1, -0.05) is 15.9 Å². The third kappa shape index (κ3) is 3.68. The van der Waals surface area contributed by atoms with Gasteiger partial charge in [-0.2, -0.15) is 11.8 Å². The molecule has 1 heterocycles. The molecule has 1 atom stereocenters. The van der Waals surface area contributed by atoms with Crippen LogP contribution in [0.1, 0.15) is 5.56 Å². The maximum atomic E-state index is 12.2. The number of hydrogen-bond donors (Lipinski definition) is 0. The number of ketones is 1. The number of carbonyl (C=O) groups is 1. The molecule has 0 N–H and O–H groups in total. The lowest BCUT2D eigenvalue weighted by molar-refractivity contribution is -0.117. The van der Waals surface area contributed by atoms with E-state index in [1.54, 1.807) is 18.9 Å². The second-order valence-electron chi connectivity index (χ2n) is 4.03. The van der Waals surface area contributed by atoms with Gasteiger partial charge >= 0.3 is 0 Å². The summed E-state index contributed by atoms with van der Waals surface area (Å²) < 4.78 is 6.29. The first kappa shape index (κ1) is 14.3. The highest BCUT2D eigenvalue weighted by molar-refractivity contribution is 9.10. The molecular weight excluding hydrogens is 332 g/mol. The van der Waals surface area contributed by atoms with Crippen LogP contribution in [-0.4, -0.2) is 35.4 Å². The third-order valence-electron chi connectivity index (χ3n) is 2.78. The molecular formula is C13H15BrO2S2. The monoisotopic (exact) mass is 346 g/mol. The van der Waals surface area contributed by atoms with Crippen LogP contribution in [0.5, 0.6) is 5.75 Å². The van der Waals surface area contributed by atoms with Crippen molar-refractivity contribution in [2.75, 3.05) is 24.4 Å². The summed E-state index contributed by atoms with van der Waals surface area (Å²) in [6.45, 7) is 0. The van der Waals surface area contributed by atoms with Gasteiger partial charge in [0.05, 0.1) is 12.4 Å². The average molecular weight is 347 g/mol. The number of rotatable bonds is 4. The number of carbonyl (C=O) groups excluding carboxylic acids is 1. The van der Waals surface area contributed by atoms with Gasteiger partial charge in [0.15, 0.2) is 5.78 Å². The van der Waals surface area contributed by atoms with Crippen LogP contribution in [0, 0.1) is 0 Å². The SMILES string of the molecule is COc1ccc(Br)cc1CC(=O)C1CSCCS1. The second-order valence-corrected chi connectivity index (χ2v) is 7.41. The molecule has 2 rings (SSSR count). The molecule has 98 valence electrons. The Labute approximate surface area is 124 Å². The maximum absolute atomic E-state index is 12.2. The van der Waals surface area contributed by atoms with E-state index in [1.165, 1.54) is 0 Å². The molecule has 1 aliphatic rings. The van der Waals surface area contributed by atoms with Crippen molar-refractivity contribution in [2.45, 2.75) is 11.7 Å². The molecule has 1 aromatic carbocycles. The van der Waals surface area contributed by atoms with E-state index in [-0.39, 0.29) is 5.25 Å². The number of thioether (sulfide) groups is 2. The molecule has 1 aromatic rings. The second kappa shape index (κ2) is 6.87. The zero-order chi connectivity index (χ0) is 13.0. The van der Waals surface area contributed by atoms with E-state index in [4.69, 9.17) is 4.74 Å². The number of methoxy groups -OCH3 is 1. The van der Waals surface area contributed by atoms with E-state index in [2.05, 4.69) is 15.9 Å². The molecule has 2 nitrogen and oxygen atoms in total. The quantitative estimate of drug-likeness (QED) is 0.834. The Bertz CT molecular complexity index is 431. The molecule has 0 radical (unpaired) electrons. The number of hydrogen-bond acceptors (Lipinski definition) is 4. The van der Waals surface area contributed by atoms with Gasteiger partial charge in [0.25, 0.3) is 0 Å². The van der Waals surface area contributed by atoms with E-state index >= 15 is 0 Å². The molecule has 5 heteroatoms. The maximum Gasteiger partial charge on any atom is 0.151 e. The van der Waals surface area contributed by atoms with Crippen LogP contribution in [-0.2, 0) is 11.2 Å². The fourth-order valence-corrected chi connectivity index (χ4v) is 4.92. The van der Waals surface area contributed by atoms with Crippen LogP contribution in [0.15, 0.2) is 22.7 Å². The fourth-order valence-electron chi connectivity index (χ4n) is 1.86. The van der Waals surface area contributed by atoms with Gasteiger partial charge in [0, 0.05) is 33.7 Å². The number of benzene rings is 1. The number of ether oxygens (including phenoxy) is 1. The molecule has 0 aromatic heterocycles. The Hall–Kier alpha value is -0.130. The normalized spacial score (nSPS) is 19.6. The van der Waals surface area contributed by atoms with E-state index in [0.29, 0.717) is 12.2 Å². The van der Waals surface area contributed by atoms with Gasteiger partial charge in [0.1, 0.15) is 5.75 Å². The lowest BCUT2D eigenvalue weighted by Gasteiger charge is -2.20. The molecule has 0 spiro atoms. The smallest absolute Gasteiger partial charge is 0.151 e. The van der Waals surface area contributed by atoms with E-state index in [9.17, 15) is 4.79 Å². The predicted molar refractivity (Wildman–Crippen MR) is 83.0 cm³/mol. The van der Waals surface area contributed by atoms with Crippen LogP contribution in [0.3, 0.4) is 0 Å². The average Bonchev–Trinajstić information content (AvgIpc) is 2.40. The highest BCUT2D eigenvalue weighted by Crippen LogP contribution is 2.28. The Morgan fingerprint density at radius 3 is 3.00 bits per heavy atom. The Morgan fingerprint density at radius 2 is 2.33 bits per heavy atom. The highest BCUT2D eigenvalue weighted by Gasteiger charge is 2.23. The van der Waals surface area contributed by atoms with Gasteiger partial charge in [-0.15, -0.1) is 11.8 Å². The van der Waals surface area contributed by atoms with Crippen molar-refractivity contribution in [2.24, 2.45) is 0 Å². The lowest BCUT2D eigenvalue weighted by atomic mass is 10.1. The largest absolute Gasteiger partial charge is 0.496 e. The predicted octanol–water partition coefficient (Wildman–Crippen LogP) is 3.42. The molecule has 1 saturated heterocycles. The van der Waals surface area contributed by atoms with E-state index < -0.39 is 0 Å². The van der Waals surface area contributed by atoms with Gasteiger partial charge < -0.3 is 4.74 Å². The molecule has 1 fully saturated rings. The standard InChI is InChI=1S/C13H15BrO2S2/c1-16-12-3-2-10(14)6-9(12)7-11(15)13-8-17-4-5-18-13/h2-3,6,13H,4-5,7-8H2,1H3. The Balaban J connectivity index is 2.07. The van der Waals surface area contributed by atoms with E-state index in [1.807, 2.05) is 30.0 Å². The minimum atomic E-state index is 0.146. The first-order chi connectivity index (χ1) is 8.70. The number of Topliss-reactive ketones (excluding diaryl/α,β-unsaturated/α-hetero) is 1. The zero-order valence-electron chi connectivity index (χ0n) is 10.1. The summed E-state index contributed by atoms with van der Waals surface area (Å²) in [6.07, 6.45) is 0.459. The summed E-state index contributed by atoms with van der Waals surface area (Å²) in [4.78, 5) is 12.2. The summed E-state index contributed by atoms with van der Waals surface area (Å²) in [5.41, 5.74) is 0.966. The van der Waals surface area contributed by atoms with Gasteiger partial charge in [-0.05, 0) is 18.2 Å². The van der Waals surface area contributed by atoms with Crippen LogP contribution < -0.4 is 4.74 Å². The molecule has 0 saturated carbocycles. The first-order valence-electron chi connectivity index (χ1n) is 5.75. The van der Waals surface area contributed by atoms with Crippen molar-refractivity contribution >= 4 is 45.2 Å². The molecule has 1 aliphatic heterocycles. The molecule has 0 aliphatic carbocycles. The summed E-state index contributed by atoms with van der Waals surface area (Å²) in [7, 11) is 1.64. The molecule has 0 amide bonds. The fraction of sp³-hybridized carbons (Fsp3) is 0.462. The highest BCUT2D eigenvalue weighted by atomic mass is 79.9. The summed E-state index contributed by atoms with van der Waals surface area (Å²) >= 11 is 7.09. The third-order valence-corrected chi connectivity index (χ3v) is 6.08.